The number of benzene rings is 1. The minimum atomic E-state index is -0.965. The number of nitrogens with zero attached hydrogens (tertiary/aromatic N) is 2. The monoisotopic (exact) mass is 544 g/mol. The molecule has 1 aromatic carbocycles. The van der Waals surface area contributed by atoms with E-state index in [1.807, 2.05) is 12.3 Å². The van der Waals surface area contributed by atoms with E-state index in [-0.39, 0.29) is 24.0 Å². The molecule has 4 N–H and O–H groups in total. The molecule has 208 valence electrons. The van der Waals surface area contributed by atoms with Gasteiger partial charge in [0.2, 0.25) is 11.8 Å². The summed E-state index contributed by atoms with van der Waals surface area (Å²) in [7, 11) is 1.59. The summed E-state index contributed by atoms with van der Waals surface area (Å²) in [6, 6.07) is 8.05. The topological polar surface area (TPSA) is 154 Å². The standard InChI is InChI=1S/C29H32N6O5/c1-40-24-5-3-11-32-26(24)18(15-30)16-33-20-12-17(13-20)4-2-10-31-19-6-7-21-22(14-19)29(39)35(28(21)38)23-8-9-25(36)34-27(23)37/h3,5-7,11,14-17,20,23,30-31,33H,2,4,8-10,12-13H2,1H3,(H,34,36,37)/b18-16+,30-15?. The van der Waals surface area contributed by atoms with Crippen molar-refractivity contribution in [3.63, 3.8) is 0 Å². The van der Waals surface area contributed by atoms with E-state index in [4.69, 9.17) is 10.1 Å². The summed E-state index contributed by atoms with van der Waals surface area (Å²) in [5.74, 6) is -0.778. The van der Waals surface area contributed by atoms with Crippen molar-refractivity contribution < 1.29 is 23.9 Å². The van der Waals surface area contributed by atoms with E-state index in [9.17, 15) is 19.2 Å². The molecule has 2 aromatic rings. The molecule has 0 spiro atoms. The average Bonchev–Trinajstić information content (AvgIpc) is 3.18. The van der Waals surface area contributed by atoms with Gasteiger partial charge >= 0.3 is 0 Å². The SMILES string of the molecule is COc1cccnc1/C(C=N)=C/NC1CC(CCCNc2ccc3c(c2)C(=O)N(C2CCC(=O)NC2=O)C3=O)C1. The summed E-state index contributed by atoms with van der Waals surface area (Å²) in [4.78, 5) is 54.8. The number of ether oxygens (including phenoxy) is 1. The highest BCUT2D eigenvalue weighted by atomic mass is 16.5. The molecular formula is C29H32N6O5. The van der Waals surface area contributed by atoms with Crippen LogP contribution >= 0.6 is 0 Å². The van der Waals surface area contributed by atoms with Crippen molar-refractivity contribution in [3.05, 3.63) is 59.5 Å². The number of fused-ring (bicyclic) bond motifs is 1. The van der Waals surface area contributed by atoms with Gasteiger partial charge in [0.25, 0.3) is 11.8 Å². The summed E-state index contributed by atoms with van der Waals surface area (Å²) < 4.78 is 5.35. The van der Waals surface area contributed by atoms with Gasteiger partial charge in [-0.1, -0.05) is 0 Å². The number of hydrogen-bond acceptors (Lipinski definition) is 9. The van der Waals surface area contributed by atoms with E-state index in [1.165, 1.54) is 6.21 Å². The zero-order valence-electron chi connectivity index (χ0n) is 22.2. The Morgan fingerprint density at radius 2 is 1.98 bits per heavy atom. The second kappa shape index (κ2) is 11.7. The fraction of sp³-hybridized carbons (Fsp3) is 0.379. The molecule has 2 aliphatic heterocycles. The van der Waals surface area contributed by atoms with Crippen molar-refractivity contribution in [1.82, 2.24) is 20.5 Å². The first-order chi connectivity index (χ1) is 19.4. The largest absolute Gasteiger partial charge is 0.494 e. The molecule has 1 saturated carbocycles. The fourth-order valence-electron chi connectivity index (χ4n) is 5.47. The molecule has 1 unspecified atom stereocenters. The average molecular weight is 545 g/mol. The molecule has 2 fully saturated rings. The number of pyridine rings is 1. The van der Waals surface area contributed by atoms with Crippen molar-refractivity contribution in [1.29, 1.82) is 5.41 Å². The Balaban J connectivity index is 1.07. The van der Waals surface area contributed by atoms with Crippen molar-refractivity contribution >= 4 is 41.1 Å². The number of imide groups is 2. The number of aromatic nitrogens is 1. The molecule has 3 heterocycles. The molecule has 1 aliphatic carbocycles. The molecule has 11 nitrogen and oxygen atoms in total. The van der Waals surface area contributed by atoms with E-state index in [0.29, 0.717) is 29.0 Å². The zero-order valence-corrected chi connectivity index (χ0v) is 22.2. The molecule has 1 saturated heterocycles. The van der Waals surface area contributed by atoms with Crippen LogP contribution in [0.2, 0.25) is 0 Å². The van der Waals surface area contributed by atoms with Crippen LogP contribution in [0.15, 0.2) is 42.7 Å². The molecule has 1 aromatic heterocycles. The Labute approximate surface area is 231 Å². The van der Waals surface area contributed by atoms with E-state index >= 15 is 0 Å². The predicted octanol–water partition coefficient (Wildman–Crippen LogP) is 2.74. The van der Waals surface area contributed by atoms with Crippen molar-refractivity contribution in [2.24, 2.45) is 5.92 Å². The lowest BCUT2D eigenvalue weighted by Gasteiger charge is -2.36. The van der Waals surface area contributed by atoms with Crippen LogP contribution in [0.3, 0.4) is 0 Å². The highest BCUT2D eigenvalue weighted by molar-refractivity contribution is 6.23. The zero-order chi connectivity index (χ0) is 28.2. The normalized spacial score (nSPS) is 22.4. The summed E-state index contributed by atoms with van der Waals surface area (Å²) in [6.45, 7) is 0.726. The van der Waals surface area contributed by atoms with Gasteiger partial charge in [-0.05, 0) is 68.4 Å². The number of hydrogen-bond donors (Lipinski definition) is 4. The molecular weight excluding hydrogens is 512 g/mol. The fourth-order valence-corrected chi connectivity index (χ4v) is 5.47. The van der Waals surface area contributed by atoms with Gasteiger partial charge in [-0.15, -0.1) is 0 Å². The Morgan fingerprint density at radius 1 is 1.18 bits per heavy atom. The minimum absolute atomic E-state index is 0.0936. The number of carbonyl (C=O) groups is 4. The Hall–Kier alpha value is -4.54. The summed E-state index contributed by atoms with van der Waals surface area (Å²) >= 11 is 0. The molecule has 3 aliphatic rings. The minimum Gasteiger partial charge on any atom is -0.494 e. The van der Waals surface area contributed by atoms with E-state index in [0.717, 1.165) is 42.8 Å². The quantitative estimate of drug-likeness (QED) is 0.191. The number of rotatable bonds is 11. The molecule has 11 heteroatoms. The molecule has 0 bridgehead atoms. The second-order valence-corrected chi connectivity index (χ2v) is 10.3. The second-order valence-electron chi connectivity index (χ2n) is 10.3. The lowest BCUT2D eigenvalue weighted by molar-refractivity contribution is -0.136. The van der Waals surface area contributed by atoms with Crippen molar-refractivity contribution in [2.75, 3.05) is 19.0 Å². The van der Waals surface area contributed by atoms with Crippen LogP contribution in [-0.2, 0) is 9.59 Å². The van der Waals surface area contributed by atoms with E-state index in [1.54, 1.807) is 37.6 Å². The van der Waals surface area contributed by atoms with Crippen LogP contribution in [0.25, 0.3) is 5.57 Å². The number of methoxy groups -OCH3 is 1. The first-order valence-corrected chi connectivity index (χ1v) is 13.4. The number of amides is 4. The summed E-state index contributed by atoms with van der Waals surface area (Å²) in [5.41, 5.74) is 2.59. The molecule has 5 rings (SSSR count). The van der Waals surface area contributed by atoms with Crippen molar-refractivity contribution in [3.8, 4) is 5.75 Å². The van der Waals surface area contributed by atoms with Gasteiger partial charge in [-0.2, -0.15) is 0 Å². The van der Waals surface area contributed by atoms with Crippen molar-refractivity contribution in [2.45, 2.75) is 50.6 Å². The van der Waals surface area contributed by atoms with Gasteiger partial charge in [0, 0.05) is 48.9 Å². The lowest BCUT2D eigenvalue weighted by Crippen LogP contribution is -2.54. The Morgan fingerprint density at radius 3 is 2.73 bits per heavy atom. The van der Waals surface area contributed by atoms with Crippen LogP contribution in [0, 0.1) is 11.3 Å². The number of carbonyl (C=O) groups excluding carboxylic acids is 4. The maximum atomic E-state index is 13.0. The van der Waals surface area contributed by atoms with E-state index < -0.39 is 29.7 Å². The maximum Gasteiger partial charge on any atom is 0.262 e. The van der Waals surface area contributed by atoms with Gasteiger partial charge in [-0.3, -0.25) is 34.4 Å². The third-order valence-corrected chi connectivity index (χ3v) is 7.69. The third-order valence-electron chi connectivity index (χ3n) is 7.69. The third kappa shape index (κ3) is 5.45. The smallest absolute Gasteiger partial charge is 0.262 e. The Bertz CT molecular complexity index is 1380. The number of allylic oxidation sites excluding steroid dienone is 1. The van der Waals surface area contributed by atoms with Crippen LogP contribution in [0.5, 0.6) is 5.75 Å². The highest BCUT2D eigenvalue weighted by Crippen LogP contribution is 2.33. The highest BCUT2D eigenvalue weighted by Gasteiger charge is 2.44. The first kappa shape index (κ1) is 27.0. The molecule has 0 radical (unpaired) electrons. The van der Waals surface area contributed by atoms with Crippen LogP contribution < -0.4 is 20.7 Å². The van der Waals surface area contributed by atoms with Gasteiger partial charge < -0.3 is 20.8 Å². The van der Waals surface area contributed by atoms with Gasteiger partial charge in [0.15, 0.2) is 0 Å². The van der Waals surface area contributed by atoms with Gasteiger partial charge in [0.05, 0.1) is 18.2 Å². The number of piperidine rings is 1. The Kier molecular flexibility index (Phi) is 7.90. The van der Waals surface area contributed by atoms with Crippen LogP contribution in [0.4, 0.5) is 5.69 Å². The maximum absolute atomic E-state index is 13.0. The molecule has 4 amide bonds. The predicted molar refractivity (Wildman–Crippen MR) is 148 cm³/mol. The van der Waals surface area contributed by atoms with E-state index in [2.05, 4.69) is 20.9 Å². The molecule has 40 heavy (non-hydrogen) atoms. The summed E-state index contributed by atoms with van der Waals surface area (Å²) in [6.07, 6.45) is 9.13. The molecule has 1 atom stereocenters. The van der Waals surface area contributed by atoms with Crippen LogP contribution in [-0.4, -0.2) is 65.5 Å². The summed E-state index contributed by atoms with van der Waals surface area (Å²) in [5, 5.41) is 16.7. The number of nitrogens with one attached hydrogen (secondary N) is 4. The van der Waals surface area contributed by atoms with Crippen LogP contribution in [0.1, 0.15) is 64.9 Å². The first-order valence-electron chi connectivity index (χ1n) is 13.4. The number of anilines is 1. The van der Waals surface area contributed by atoms with Gasteiger partial charge in [-0.25, -0.2) is 0 Å². The lowest BCUT2D eigenvalue weighted by atomic mass is 9.77. The van der Waals surface area contributed by atoms with Gasteiger partial charge in [0.1, 0.15) is 17.5 Å².